The SMILES string of the molecule is CC(C)(C)C1CCC(C(Cc2ccc(Br)s2)NN)CC1. The molecular formula is C16H27BrN2S. The van der Waals surface area contributed by atoms with Gasteiger partial charge in [-0.05, 0) is 77.4 Å². The van der Waals surface area contributed by atoms with E-state index in [1.165, 1.54) is 34.3 Å². The maximum absolute atomic E-state index is 5.82. The van der Waals surface area contributed by atoms with Crippen LogP contribution in [-0.4, -0.2) is 6.04 Å². The number of halogens is 1. The molecule has 1 aromatic rings. The van der Waals surface area contributed by atoms with Gasteiger partial charge in [0.1, 0.15) is 0 Å². The number of hydrogen-bond acceptors (Lipinski definition) is 3. The van der Waals surface area contributed by atoms with Crippen LogP contribution in [0.5, 0.6) is 0 Å². The fourth-order valence-corrected chi connectivity index (χ4v) is 4.97. The molecule has 1 aliphatic carbocycles. The molecule has 2 rings (SSSR count). The van der Waals surface area contributed by atoms with Crippen molar-refractivity contribution in [3.8, 4) is 0 Å². The molecule has 0 saturated heterocycles. The predicted molar refractivity (Wildman–Crippen MR) is 91.7 cm³/mol. The zero-order chi connectivity index (χ0) is 14.8. The van der Waals surface area contributed by atoms with Crippen molar-refractivity contribution in [1.82, 2.24) is 5.43 Å². The van der Waals surface area contributed by atoms with Crippen molar-refractivity contribution in [3.05, 3.63) is 20.8 Å². The molecule has 1 heterocycles. The van der Waals surface area contributed by atoms with Gasteiger partial charge in [0, 0.05) is 10.9 Å². The van der Waals surface area contributed by atoms with Gasteiger partial charge < -0.3 is 0 Å². The third-order valence-electron chi connectivity index (χ3n) is 4.83. The first-order valence-corrected chi connectivity index (χ1v) is 9.21. The molecular weight excluding hydrogens is 332 g/mol. The minimum absolute atomic E-state index is 0.418. The van der Waals surface area contributed by atoms with Crippen LogP contribution in [0.1, 0.15) is 51.3 Å². The van der Waals surface area contributed by atoms with E-state index in [0.29, 0.717) is 11.5 Å². The minimum atomic E-state index is 0.418. The molecule has 0 radical (unpaired) electrons. The topological polar surface area (TPSA) is 38.0 Å². The molecule has 1 fully saturated rings. The Morgan fingerprint density at radius 1 is 1.30 bits per heavy atom. The third kappa shape index (κ3) is 4.30. The van der Waals surface area contributed by atoms with Crippen LogP contribution in [0.15, 0.2) is 15.9 Å². The first-order chi connectivity index (χ1) is 9.40. The van der Waals surface area contributed by atoms with Crippen molar-refractivity contribution < 1.29 is 0 Å². The Hall–Kier alpha value is 0.1000. The van der Waals surface area contributed by atoms with E-state index in [4.69, 9.17) is 5.84 Å². The maximum Gasteiger partial charge on any atom is 0.0701 e. The number of hydrazine groups is 1. The van der Waals surface area contributed by atoms with Gasteiger partial charge in [-0.2, -0.15) is 0 Å². The second-order valence-corrected chi connectivity index (χ2v) is 9.71. The van der Waals surface area contributed by atoms with Gasteiger partial charge in [-0.1, -0.05) is 20.8 Å². The highest BCUT2D eigenvalue weighted by atomic mass is 79.9. The van der Waals surface area contributed by atoms with Gasteiger partial charge in [0.25, 0.3) is 0 Å². The quantitative estimate of drug-likeness (QED) is 0.602. The Morgan fingerprint density at radius 3 is 2.40 bits per heavy atom. The highest BCUT2D eigenvalue weighted by Crippen LogP contribution is 2.41. The van der Waals surface area contributed by atoms with Crippen molar-refractivity contribution in [2.75, 3.05) is 0 Å². The monoisotopic (exact) mass is 358 g/mol. The van der Waals surface area contributed by atoms with Crippen LogP contribution in [-0.2, 0) is 6.42 Å². The fraction of sp³-hybridized carbons (Fsp3) is 0.750. The van der Waals surface area contributed by atoms with Gasteiger partial charge in [0.15, 0.2) is 0 Å². The van der Waals surface area contributed by atoms with E-state index in [9.17, 15) is 0 Å². The Balaban J connectivity index is 1.90. The van der Waals surface area contributed by atoms with Crippen molar-refractivity contribution in [1.29, 1.82) is 0 Å². The molecule has 3 N–H and O–H groups in total. The van der Waals surface area contributed by atoms with E-state index < -0.39 is 0 Å². The Labute approximate surface area is 135 Å². The largest absolute Gasteiger partial charge is 0.271 e. The summed E-state index contributed by atoms with van der Waals surface area (Å²) in [5.74, 6) is 7.41. The summed E-state index contributed by atoms with van der Waals surface area (Å²) in [7, 11) is 0. The summed E-state index contributed by atoms with van der Waals surface area (Å²) in [6.07, 6.45) is 6.37. The standard InChI is InChI=1S/C16H27BrN2S/c1-16(2,3)12-6-4-11(5-7-12)14(19-18)10-13-8-9-15(17)20-13/h8-9,11-12,14,19H,4-7,10,18H2,1-3H3. The molecule has 0 spiro atoms. The Morgan fingerprint density at radius 2 is 1.95 bits per heavy atom. The molecule has 0 aromatic carbocycles. The van der Waals surface area contributed by atoms with Gasteiger partial charge >= 0.3 is 0 Å². The first-order valence-electron chi connectivity index (χ1n) is 7.60. The summed E-state index contributed by atoms with van der Waals surface area (Å²) in [6.45, 7) is 7.12. The highest BCUT2D eigenvalue weighted by Gasteiger charge is 2.32. The lowest BCUT2D eigenvalue weighted by atomic mass is 9.68. The molecule has 0 aliphatic heterocycles. The second-order valence-electron chi connectivity index (χ2n) is 7.16. The van der Waals surface area contributed by atoms with Crippen LogP contribution in [0.25, 0.3) is 0 Å². The van der Waals surface area contributed by atoms with E-state index in [1.807, 2.05) is 11.3 Å². The average Bonchev–Trinajstić information content (AvgIpc) is 2.81. The Bertz CT molecular complexity index is 416. The van der Waals surface area contributed by atoms with Crippen molar-refractivity contribution in [2.45, 2.75) is 58.9 Å². The zero-order valence-electron chi connectivity index (χ0n) is 12.8. The predicted octanol–water partition coefficient (Wildman–Crippen LogP) is 4.74. The molecule has 1 unspecified atom stereocenters. The van der Waals surface area contributed by atoms with Crippen molar-refractivity contribution in [3.63, 3.8) is 0 Å². The second kappa shape index (κ2) is 6.91. The highest BCUT2D eigenvalue weighted by molar-refractivity contribution is 9.11. The number of rotatable bonds is 4. The van der Waals surface area contributed by atoms with E-state index in [0.717, 1.165) is 18.3 Å². The van der Waals surface area contributed by atoms with Gasteiger partial charge in [0.05, 0.1) is 3.79 Å². The van der Waals surface area contributed by atoms with Crippen LogP contribution in [0.2, 0.25) is 0 Å². The van der Waals surface area contributed by atoms with Crippen molar-refractivity contribution in [2.24, 2.45) is 23.1 Å². The molecule has 114 valence electrons. The van der Waals surface area contributed by atoms with E-state index in [-0.39, 0.29) is 0 Å². The van der Waals surface area contributed by atoms with Gasteiger partial charge in [0.2, 0.25) is 0 Å². The van der Waals surface area contributed by atoms with Crippen LogP contribution in [0, 0.1) is 17.3 Å². The number of hydrogen-bond donors (Lipinski definition) is 2. The van der Waals surface area contributed by atoms with Crippen LogP contribution in [0.4, 0.5) is 0 Å². The average molecular weight is 359 g/mol. The van der Waals surface area contributed by atoms with Gasteiger partial charge in [-0.15, -0.1) is 11.3 Å². The lowest BCUT2D eigenvalue weighted by molar-refractivity contribution is 0.132. The lowest BCUT2D eigenvalue weighted by Gasteiger charge is -2.39. The molecule has 1 atom stereocenters. The molecule has 0 bridgehead atoms. The van der Waals surface area contributed by atoms with Crippen LogP contribution in [0.3, 0.4) is 0 Å². The number of nitrogens with one attached hydrogen (secondary N) is 1. The zero-order valence-corrected chi connectivity index (χ0v) is 15.2. The molecule has 0 amide bonds. The summed E-state index contributed by atoms with van der Waals surface area (Å²) < 4.78 is 1.21. The van der Waals surface area contributed by atoms with Crippen LogP contribution < -0.4 is 11.3 Å². The molecule has 4 heteroatoms. The fourth-order valence-electron chi connectivity index (χ4n) is 3.43. The van der Waals surface area contributed by atoms with Crippen LogP contribution >= 0.6 is 27.3 Å². The molecule has 20 heavy (non-hydrogen) atoms. The normalized spacial score (nSPS) is 25.6. The molecule has 1 saturated carbocycles. The van der Waals surface area contributed by atoms with E-state index in [1.54, 1.807) is 0 Å². The molecule has 2 nitrogen and oxygen atoms in total. The summed E-state index contributed by atoms with van der Waals surface area (Å²) >= 11 is 5.36. The van der Waals surface area contributed by atoms with Gasteiger partial charge in [-0.3, -0.25) is 11.3 Å². The minimum Gasteiger partial charge on any atom is -0.271 e. The Kier molecular flexibility index (Phi) is 5.69. The molecule has 1 aliphatic rings. The van der Waals surface area contributed by atoms with E-state index in [2.05, 4.69) is 54.3 Å². The maximum atomic E-state index is 5.82. The lowest BCUT2D eigenvalue weighted by Crippen LogP contribution is -2.44. The number of nitrogens with two attached hydrogens (primary N) is 1. The number of thiophene rings is 1. The molecule has 1 aromatic heterocycles. The summed E-state index contributed by atoms with van der Waals surface area (Å²) in [5.41, 5.74) is 3.53. The smallest absolute Gasteiger partial charge is 0.0701 e. The summed E-state index contributed by atoms with van der Waals surface area (Å²) in [5, 5.41) is 0. The van der Waals surface area contributed by atoms with Crippen molar-refractivity contribution >= 4 is 27.3 Å². The summed E-state index contributed by atoms with van der Waals surface area (Å²) in [6, 6.07) is 4.76. The van der Waals surface area contributed by atoms with E-state index >= 15 is 0 Å². The third-order valence-corrected chi connectivity index (χ3v) is 6.48. The first kappa shape index (κ1) is 16.5. The summed E-state index contributed by atoms with van der Waals surface area (Å²) in [4.78, 5) is 1.41. The van der Waals surface area contributed by atoms with Gasteiger partial charge in [-0.25, -0.2) is 0 Å².